The fourth-order valence-electron chi connectivity index (χ4n) is 2.00. The van der Waals surface area contributed by atoms with Crippen LogP contribution in [-0.4, -0.2) is 42.6 Å². The van der Waals surface area contributed by atoms with Gasteiger partial charge in [0.05, 0.1) is 6.61 Å². The van der Waals surface area contributed by atoms with Gasteiger partial charge in [0.2, 0.25) is 5.91 Å². The molecule has 0 aromatic heterocycles. The molecule has 1 fully saturated rings. The summed E-state index contributed by atoms with van der Waals surface area (Å²) in [6.07, 6.45) is 2.12. The molecule has 1 aliphatic heterocycles. The summed E-state index contributed by atoms with van der Waals surface area (Å²) < 4.78 is 4.95. The number of nitrogens with one attached hydrogen (secondary N) is 1. The van der Waals surface area contributed by atoms with E-state index in [1.54, 1.807) is 11.8 Å². The zero-order valence-electron chi connectivity index (χ0n) is 11.6. The summed E-state index contributed by atoms with van der Waals surface area (Å²) in [5.74, 6) is 0.150. The van der Waals surface area contributed by atoms with Crippen molar-refractivity contribution < 1.29 is 14.3 Å². The summed E-state index contributed by atoms with van der Waals surface area (Å²) in [5, 5.41) is 2.99. The molecule has 1 aliphatic rings. The highest BCUT2D eigenvalue weighted by Gasteiger charge is 2.28. The monoisotopic (exact) mass is 256 g/mol. The highest BCUT2D eigenvalue weighted by atomic mass is 16.6. The van der Waals surface area contributed by atoms with Gasteiger partial charge in [0.15, 0.2) is 0 Å². The van der Waals surface area contributed by atoms with Gasteiger partial charge in [0, 0.05) is 25.0 Å². The van der Waals surface area contributed by atoms with Gasteiger partial charge < -0.3 is 15.0 Å². The van der Waals surface area contributed by atoms with Crippen LogP contribution in [0.15, 0.2) is 0 Å². The topological polar surface area (TPSA) is 58.6 Å². The van der Waals surface area contributed by atoms with Gasteiger partial charge in [-0.15, -0.1) is 0 Å². The zero-order valence-corrected chi connectivity index (χ0v) is 11.6. The molecule has 18 heavy (non-hydrogen) atoms. The number of likely N-dealkylation sites (tertiary alicyclic amines) is 1. The van der Waals surface area contributed by atoms with Crippen molar-refractivity contribution in [2.45, 2.75) is 46.1 Å². The van der Waals surface area contributed by atoms with Gasteiger partial charge >= 0.3 is 6.09 Å². The standard InChI is InChI=1S/C13H24N2O3/c1-4-10(3)14-12(16)11-6-8-15(9-7-11)13(17)18-5-2/h10-11H,4-9H2,1-3H3,(H,14,16). The van der Waals surface area contributed by atoms with Crippen LogP contribution in [0.4, 0.5) is 4.79 Å². The van der Waals surface area contributed by atoms with Crippen LogP contribution < -0.4 is 5.32 Å². The lowest BCUT2D eigenvalue weighted by Crippen LogP contribution is -2.44. The Morgan fingerprint density at radius 1 is 1.33 bits per heavy atom. The Morgan fingerprint density at radius 3 is 2.44 bits per heavy atom. The van der Waals surface area contributed by atoms with Crippen molar-refractivity contribution in [3.8, 4) is 0 Å². The molecule has 104 valence electrons. The lowest BCUT2D eigenvalue weighted by atomic mass is 9.96. The van der Waals surface area contributed by atoms with Crippen molar-refractivity contribution in [1.82, 2.24) is 10.2 Å². The first kappa shape index (κ1) is 14.8. The van der Waals surface area contributed by atoms with Crippen molar-refractivity contribution >= 4 is 12.0 Å². The van der Waals surface area contributed by atoms with E-state index in [1.165, 1.54) is 0 Å². The average Bonchev–Trinajstić information content (AvgIpc) is 2.39. The molecule has 0 saturated carbocycles. The number of hydrogen-bond acceptors (Lipinski definition) is 3. The molecule has 1 rings (SSSR count). The van der Waals surface area contributed by atoms with Gasteiger partial charge in [0.25, 0.3) is 0 Å². The van der Waals surface area contributed by atoms with Crippen LogP contribution >= 0.6 is 0 Å². The molecule has 0 aliphatic carbocycles. The lowest BCUT2D eigenvalue weighted by molar-refractivity contribution is -0.127. The molecular weight excluding hydrogens is 232 g/mol. The van der Waals surface area contributed by atoms with Crippen LogP contribution in [0.3, 0.4) is 0 Å². The van der Waals surface area contributed by atoms with E-state index in [0.717, 1.165) is 19.3 Å². The van der Waals surface area contributed by atoms with E-state index in [9.17, 15) is 9.59 Å². The fraction of sp³-hybridized carbons (Fsp3) is 0.846. The first-order chi connectivity index (χ1) is 8.58. The van der Waals surface area contributed by atoms with Gasteiger partial charge in [-0.1, -0.05) is 6.92 Å². The Morgan fingerprint density at radius 2 is 1.94 bits per heavy atom. The minimum atomic E-state index is -0.265. The molecular formula is C13H24N2O3. The zero-order chi connectivity index (χ0) is 13.5. The highest BCUT2D eigenvalue weighted by molar-refractivity contribution is 5.79. The number of rotatable bonds is 4. The predicted octanol–water partition coefficient (Wildman–Crippen LogP) is 1.77. The fourth-order valence-corrected chi connectivity index (χ4v) is 2.00. The number of carbonyl (C=O) groups is 2. The third-order valence-electron chi connectivity index (χ3n) is 3.39. The third kappa shape index (κ3) is 4.20. The van der Waals surface area contributed by atoms with Crippen LogP contribution in [0.5, 0.6) is 0 Å². The summed E-state index contributed by atoms with van der Waals surface area (Å²) >= 11 is 0. The van der Waals surface area contributed by atoms with Gasteiger partial charge in [-0.05, 0) is 33.1 Å². The van der Waals surface area contributed by atoms with Crippen molar-refractivity contribution in [3.63, 3.8) is 0 Å². The summed E-state index contributed by atoms with van der Waals surface area (Å²) in [4.78, 5) is 25.1. The van der Waals surface area contributed by atoms with Crippen LogP contribution in [0.2, 0.25) is 0 Å². The maximum Gasteiger partial charge on any atom is 0.409 e. The van der Waals surface area contributed by atoms with E-state index < -0.39 is 0 Å². The number of nitrogens with zero attached hydrogens (tertiary/aromatic N) is 1. The van der Waals surface area contributed by atoms with E-state index >= 15 is 0 Å². The maximum absolute atomic E-state index is 11.9. The van der Waals surface area contributed by atoms with Crippen molar-refractivity contribution in [3.05, 3.63) is 0 Å². The van der Waals surface area contributed by atoms with Gasteiger partial charge in [0.1, 0.15) is 0 Å². The van der Waals surface area contributed by atoms with Gasteiger partial charge in [-0.2, -0.15) is 0 Å². The number of piperidine rings is 1. The van der Waals surface area contributed by atoms with Crippen LogP contribution in [0, 0.1) is 5.92 Å². The molecule has 1 heterocycles. The predicted molar refractivity (Wildman–Crippen MR) is 69.2 cm³/mol. The van der Waals surface area contributed by atoms with E-state index in [0.29, 0.717) is 19.7 Å². The second-order valence-electron chi connectivity index (χ2n) is 4.78. The second-order valence-corrected chi connectivity index (χ2v) is 4.78. The highest BCUT2D eigenvalue weighted by Crippen LogP contribution is 2.18. The first-order valence-corrected chi connectivity index (χ1v) is 6.80. The van der Waals surface area contributed by atoms with E-state index in [1.807, 2.05) is 13.8 Å². The smallest absolute Gasteiger partial charge is 0.409 e. The Hall–Kier alpha value is -1.26. The normalized spacial score (nSPS) is 18.3. The average molecular weight is 256 g/mol. The molecule has 1 unspecified atom stereocenters. The van der Waals surface area contributed by atoms with Crippen molar-refractivity contribution in [1.29, 1.82) is 0 Å². The lowest BCUT2D eigenvalue weighted by Gasteiger charge is -2.31. The Labute approximate surface area is 109 Å². The molecule has 0 aromatic rings. The van der Waals surface area contributed by atoms with Gasteiger partial charge in [-0.3, -0.25) is 4.79 Å². The van der Waals surface area contributed by atoms with E-state index in [-0.39, 0.29) is 24.0 Å². The molecule has 1 atom stereocenters. The maximum atomic E-state index is 11.9. The SMILES string of the molecule is CCOC(=O)N1CCC(C(=O)NC(C)CC)CC1. The number of amides is 2. The van der Waals surface area contributed by atoms with E-state index in [4.69, 9.17) is 4.74 Å². The molecule has 5 heteroatoms. The first-order valence-electron chi connectivity index (χ1n) is 6.80. The minimum Gasteiger partial charge on any atom is -0.450 e. The van der Waals surface area contributed by atoms with Gasteiger partial charge in [-0.25, -0.2) is 4.79 Å². The molecule has 0 radical (unpaired) electrons. The summed E-state index contributed by atoms with van der Waals surface area (Å²) in [6, 6.07) is 0.223. The molecule has 0 aromatic carbocycles. The Bertz CT molecular complexity index is 286. The van der Waals surface area contributed by atoms with Crippen LogP contribution in [-0.2, 0) is 9.53 Å². The number of hydrogen-bond donors (Lipinski definition) is 1. The van der Waals surface area contributed by atoms with Crippen LogP contribution in [0.1, 0.15) is 40.0 Å². The molecule has 5 nitrogen and oxygen atoms in total. The molecule has 1 N–H and O–H groups in total. The second kappa shape index (κ2) is 7.24. The minimum absolute atomic E-state index is 0.0321. The molecule has 0 bridgehead atoms. The summed E-state index contributed by atoms with van der Waals surface area (Å²) in [6.45, 7) is 7.46. The largest absolute Gasteiger partial charge is 0.450 e. The Kier molecular flexibility index (Phi) is 5.95. The quantitative estimate of drug-likeness (QED) is 0.834. The van der Waals surface area contributed by atoms with Crippen molar-refractivity contribution in [2.75, 3.05) is 19.7 Å². The summed E-state index contributed by atoms with van der Waals surface area (Å²) in [5.41, 5.74) is 0. The Balaban J connectivity index is 2.34. The van der Waals surface area contributed by atoms with Crippen LogP contribution in [0.25, 0.3) is 0 Å². The molecule has 1 saturated heterocycles. The van der Waals surface area contributed by atoms with Crippen molar-refractivity contribution in [2.24, 2.45) is 5.92 Å². The number of ether oxygens (including phenoxy) is 1. The molecule has 2 amide bonds. The number of carbonyl (C=O) groups excluding carboxylic acids is 2. The summed E-state index contributed by atoms with van der Waals surface area (Å²) in [7, 11) is 0. The van der Waals surface area contributed by atoms with E-state index in [2.05, 4.69) is 5.32 Å². The third-order valence-corrected chi connectivity index (χ3v) is 3.39. The molecule has 0 spiro atoms.